The van der Waals surface area contributed by atoms with Gasteiger partial charge in [0.2, 0.25) is 0 Å². The molecule has 4 nitrogen and oxygen atoms in total. The van der Waals surface area contributed by atoms with Crippen LogP contribution in [0.2, 0.25) is 0 Å². The second-order valence-corrected chi connectivity index (χ2v) is 3.94. The lowest BCUT2D eigenvalue weighted by molar-refractivity contribution is -0.142. The number of benzene rings is 1. The summed E-state index contributed by atoms with van der Waals surface area (Å²) in [5, 5.41) is 8.64. The average Bonchev–Trinajstić information content (AvgIpc) is 2.34. The van der Waals surface area contributed by atoms with Gasteiger partial charge < -0.3 is 4.74 Å². The van der Waals surface area contributed by atoms with E-state index in [0.29, 0.717) is 16.9 Å². The summed E-state index contributed by atoms with van der Waals surface area (Å²) in [5.41, 5.74) is 0.660. The van der Waals surface area contributed by atoms with Gasteiger partial charge >= 0.3 is 5.97 Å². The first kappa shape index (κ1) is 11.7. The lowest BCUT2D eigenvalue weighted by atomic mass is 10.1. The number of ether oxygens (including phenoxy) is 1. The summed E-state index contributed by atoms with van der Waals surface area (Å²) in [6.45, 7) is 2.15. The third kappa shape index (κ3) is 2.50. The highest BCUT2D eigenvalue weighted by molar-refractivity contribution is 7.71. The summed E-state index contributed by atoms with van der Waals surface area (Å²) < 4.78 is 5.48. The van der Waals surface area contributed by atoms with Crippen molar-refractivity contribution in [2.45, 2.75) is 13.3 Å². The number of nitrogens with one attached hydrogen (secondary N) is 1. The molecule has 1 heterocycles. The van der Waals surface area contributed by atoms with Crippen LogP contribution >= 0.6 is 12.2 Å². The molecular weight excluding hydrogens is 236 g/mol. The Morgan fingerprint density at radius 3 is 2.82 bits per heavy atom. The Morgan fingerprint density at radius 2 is 2.12 bits per heavy atom. The van der Waals surface area contributed by atoms with Crippen molar-refractivity contribution in [2.75, 3.05) is 6.61 Å². The number of aromatic nitrogens is 2. The van der Waals surface area contributed by atoms with E-state index < -0.39 is 0 Å². The van der Waals surface area contributed by atoms with Crippen LogP contribution in [0.4, 0.5) is 0 Å². The number of carbonyl (C=O) groups excluding carboxylic acids is 1. The second-order valence-electron chi connectivity index (χ2n) is 3.53. The molecule has 2 rings (SSSR count). The zero-order chi connectivity index (χ0) is 12.3. The van der Waals surface area contributed by atoms with Gasteiger partial charge in [0.05, 0.1) is 18.7 Å². The van der Waals surface area contributed by atoms with Crippen molar-refractivity contribution >= 4 is 29.0 Å². The molecule has 0 fully saturated rings. The van der Waals surface area contributed by atoms with Crippen molar-refractivity contribution in [1.82, 2.24) is 10.2 Å². The van der Waals surface area contributed by atoms with Gasteiger partial charge in [0, 0.05) is 10.8 Å². The van der Waals surface area contributed by atoms with Crippen LogP contribution in [-0.2, 0) is 16.0 Å². The third-order valence-corrected chi connectivity index (χ3v) is 2.70. The molecule has 0 radical (unpaired) electrons. The van der Waals surface area contributed by atoms with Crippen molar-refractivity contribution in [3.63, 3.8) is 0 Å². The number of aromatic amines is 1. The van der Waals surface area contributed by atoms with E-state index >= 15 is 0 Å². The predicted molar refractivity (Wildman–Crippen MR) is 67.3 cm³/mol. The SMILES string of the molecule is CCOC(=O)Cc1n[nH]c(=S)c2ccccc12. The van der Waals surface area contributed by atoms with Crippen LogP contribution in [0.3, 0.4) is 0 Å². The molecule has 0 atom stereocenters. The van der Waals surface area contributed by atoms with E-state index in [1.807, 2.05) is 24.3 Å². The summed E-state index contributed by atoms with van der Waals surface area (Å²) in [7, 11) is 0. The zero-order valence-electron chi connectivity index (χ0n) is 9.40. The van der Waals surface area contributed by atoms with Crippen molar-refractivity contribution < 1.29 is 9.53 Å². The summed E-state index contributed by atoms with van der Waals surface area (Å²) >= 11 is 5.14. The van der Waals surface area contributed by atoms with Crippen molar-refractivity contribution in [1.29, 1.82) is 0 Å². The minimum atomic E-state index is -0.282. The van der Waals surface area contributed by atoms with Crippen LogP contribution in [0, 0.1) is 4.64 Å². The van der Waals surface area contributed by atoms with Crippen LogP contribution < -0.4 is 0 Å². The van der Waals surface area contributed by atoms with E-state index in [2.05, 4.69) is 10.2 Å². The summed E-state index contributed by atoms with van der Waals surface area (Å²) in [6, 6.07) is 7.61. The monoisotopic (exact) mass is 248 g/mol. The molecule has 0 aliphatic heterocycles. The standard InChI is InChI=1S/C12H12N2O2S/c1-2-16-11(15)7-10-8-5-3-4-6-9(8)12(17)14-13-10/h3-6H,2,7H2,1H3,(H,14,17). The van der Waals surface area contributed by atoms with Crippen LogP contribution in [0.5, 0.6) is 0 Å². The van der Waals surface area contributed by atoms with Gasteiger partial charge in [-0.15, -0.1) is 0 Å². The second kappa shape index (κ2) is 5.05. The Hall–Kier alpha value is -1.75. The highest BCUT2D eigenvalue weighted by Crippen LogP contribution is 2.17. The van der Waals surface area contributed by atoms with E-state index in [1.165, 1.54) is 0 Å². The Labute approximate surface area is 104 Å². The number of esters is 1. The van der Waals surface area contributed by atoms with Crippen LogP contribution in [0.1, 0.15) is 12.6 Å². The van der Waals surface area contributed by atoms with Gasteiger partial charge in [-0.05, 0) is 6.92 Å². The average molecular weight is 248 g/mol. The van der Waals surface area contributed by atoms with Crippen molar-refractivity contribution in [3.05, 3.63) is 34.6 Å². The van der Waals surface area contributed by atoms with Crippen LogP contribution in [0.15, 0.2) is 24.3 Å². The van der Waals surface area contributed by atoms with Crippen LogP contribution in [-0.4, -0.2) is 22.8 Å². The maximum Gasteiger partial charge on any atom is 0.311 e. The first-order chi connectivity index (χ1) is 8.22. The van der Waals surface area contributed by atoms with E-state index in [4.69, 9.17) is 17.0 Å². The van der Waals surface area contributed by atoms with E-state index in [-0.39, 0.29) is 12.4 Å². The number of nitrogens with zero attached hydrogens (tertiary/aromatic N) is 1. The van der Waals surface area contributed by atoms with E-state index in [1.54, 1.807) is 6.92 Å². The lowest BCUT2D eigenvalue weighted by Crippen LogP contribution is -2.09. The first-order valence-electron chi connectivity index (χ1n) is 5.34. The fraction of sp³-hybridized carbons (Fsp3) is 0.250. The molecule has 0 bridgehead atoms. The highest BCUT2D eigenvalue weighted by Gasteiger charge is 2.09. The third-order valence-electron chi connectivity index (χ3n) is 2.39. The molecule has 0 aliphatic carbocycles. The summed E-state index contributed by atoms with van der Waals surface area (Å²) in [4.78, 5) is 11.4. The molecule has 17 heavy (non-hydrogen) atoms. The minimum absolute atomic E-state index is 0.153. The first-order valence-corrected chi connectivity index (χ1v) is 5.75. The Morgan fingerprint density at radius 1 is 1.41 bits per heavy atom. The molecule has 1 aromatic carbocycles. The van der Waals surface area contributed by atoms with Crippen molar-refractivity contribution in [2.24, 2.45) is 0 Å². The Bertz CT molecular complexity index is 607. The topological polar surface area (TPSA) is 55.0 Å². The predicted octanol–water partition coefficient (Wildman–Crippen LogP) is 2.40. The van der Waals surface area contributed by atoms with Crippen LogP contribution in [0.25, 0.3) is 10.8 Å². The van der Waals surface area contributed by atoms with Gasteiger partial charge in [0.25, 0.3) is 0 Å². The zero-order valence-corrected chi connectivity index (χ0v) is 10.2. The van der Waals surface area contributed by atoms with E-state index in [9.17, 15) is 4.79 Å². The normalized spacial score (nSPS) is 10.4. The number of hydrogen-bond donors (Lipinski definition) is 1. The number of carbonyl (C=O) groups is 1. The van der Waals surface area contributed by atoms with Crippen molar-refractivity contribution in [3.8, 4) is 0 Å². The molecule has 88 valence electrons. The molecule has 0 unspecified atom stereocenters. The maximum atomic E-state index is 11.4. The Kier molecular flexibility index (Phi) is 3.49. The summed E-state index contributed by atoms with van der Waals surface area (Å²) in [6.07, 6.45) is 0.153. The van der Waals surface area contributed by atoms with Gasteiger partial charge in [0.15, 0.2) is 0 Å². The number of rotatable bonds is 3. The largest absolute Gasteiger partial charge is 0.466 e. The van der Waals surface area contributed by atoms with E-state index in [0.717, 1.165) is 10.8 Å². The molecule has 0 amide bonds. The Balaban J connectivity index is 2.45. The lowest BCUT2D eigenvalue weighted by Gasteiger charge is -2.05. The number of hydrogen-bond acceptors (Lipinski definition) is 4. The fourth-order valence-corrected chi connectivity index (χ4v) is 1.88. The highest BCUT2D eigenvalue weighted by atomic mass is 32.1. The number of fused-ring (bicyclic) bond motifs is 1. The molecule has 1 aromatic heterocycles. The quantitative estimate of drug-likeness (QED) is 0.669. The molecule has 1 N–H and O–H groups in total. The molecule has 0 saturated heterocycles. The molecular formula is C12H12N2O2S. The van der Waals surface area contributed by atoms with Gasteiger partial charge in [-0.1, -0.05) is 36.5 Å². The number of H-pyrrole nitrogens is 1. The molecule has 0 aliphatic rings. The minimum Gasteiger partial charge on any atom is -0.466 e. The maximum absolute atomic E-state index is 11.4. The molecule has 0 spiro atoms. The van der Waals surface area contributed by atoms with Gasteiger partial charge in [0.1, 0.15) is 4.64 Å². The fourth-order valence-electron chi connectivity index (χ4n) is 1.65. The van der Waals surface area contributed by atoms with Gasteiger partial charge in [-0.25, -0.2) is 0 Å². The molecule has 5 heteroatoms. The molecule has 2 aromatic rings. The van der Waals surface area contributed by atoms with Gasteiger partial charge in [-0.3, -0.25) is 9.89 Å². The van der Waals surface area contributed by atoms with Gasteiger partial charge in [-0.2, -0.15) is 5.10 Å². The summed E-state index contributed by atoms with van der Waals surface area (Å²) in [5.74, 6) is -0.282. The molecule has 0 saturated carbocycles. The smallest absolute Gasteiger partial charge is 0.311 e.